The molecule has 1 aromatic carbocycles. The lowest BCUT2D eigenvalue weighted by molar-refractivity contribution is 0.242. The molecule has 1 aromatic rings. The van der Waals surface area contributed by atoms with Gasteiger partial charge in [0.2, 0.25) is 0 Å². The largest absolute Gasteiger partial charge is 0.488 e. The first-order valence-electron chi connectivity index (χ1n) is 5.78. The first-order chi connectivity index (χ1) is 7.90. The maximum atomic E-state index is 6.16. The van der Waals surface area contributed by atoms with Crippen molar-refractivity contribution >= 4 is 23.2 Å². The molecule has 0 spiro atoms. The summed E-state index contributed by atoms with van der Waals surface area (Å²) in [6.07, 6.45) is 0.0599. The highest BCUT2D eigenvalue weighted by atomic mass is 35.5. The van der Waals surface area contributed by atoms with Gasteiger partial charge in [0.05, 0.1) is 16.1 Å². The number of ether oxygens (including phenoxy) is 1. The molecule has 0 aromatic heterocycles. The van der Waals surface area contributed by atoms with Crippen molar-refractivity contribution < 1.29 is 4.74 Å². The van der Waals surface area contributed by atoms with Crippen molar-refractivity contribution in [2.75, 3.05) is 0 Å². The van der Waals surface area contributed by atoms with Gasteiger partial charge in [0.25, 0.3) is 0 Å². The molecular formula is C13H19Cl2NO. The zero-order chi connectivity index (χ0) is 13.0. The molecule has 2 nitrogen and oxygen atoms in total. The Kier molecular flexibility index (Phi) is 5.57. The van der Waals surface area contributed by atoms with Gasteiger partial charge in [-0.15, -0.1) is 0 Å². The number of benzene rings is 1. The number of hydrogen-bond donors (Lipinski definition) is 1. The molecule has 0 saturated heterocycles. The second kappa shape index (κ2) is 6.48. The Morgan fingerprint density at radius 2 is 1.65 bits per heavy atom. The number of rotatable bonds is 5. The van der Waals surface area contributed by atoms with E-state index in [9.17, 15) is 0 Å². The second-order valence-corrected chi connectivity index (χ2v) is 5.41. The summed E-state index contributed by atoms with van der Waals surface area (Å²) in [5.74, 6) is 0.566. The van der Waals surface area contributed by atoms with Crippen molar-refractivity contribution in [3.05, 3.63) is 27.7 Å². The fourth-order valence-electron chi connectivity index (χ4n) is 1.38. The molecule has 0 amide bonds. The van der Waals surface area contributed by atoms with Crippen LogP contribution >= 0.6 is 23.2 Å². The molecule has 1 rings (SSSR count). The lowest BCUT2D eigenvalue weighted by Gasteiger charge is -2.15. The summed E-state index contributed by atoms with van der Waals surface area (Å²) in [6, 6.07) is 4.21. The molecule has 0 aliphatic carbocycles. The van der Waals surface area contributed by atoms with Crippen LogP contribution in [0.3, 0.4) is 0 Å². The van der Waals surface area contributed by atoms with E-state index in [2.05, 4.69) is 19.2 Å². The van der Waals surface area contributed by atoms with Gasteiger partial charge in [0.15, 0.2) is 5.75 Å². The monoisotopic (exact) mass is 275 g/mol. The summed E-state index contributed by atoms with van der Waals surface area (Å²) in [7, 11) is 0. The van der Waals surface area contributed by atoms with Crippen molar-refractivity contribution in [2.45, 2.75) is 46.4 Å². The molecule has 1 N–H and O–H groups in total. The van der Waals surface area contributed by atoms with Crippen LogP contribution in [0, 0.1) is 0 Å². The van der Waals surface area contributed by atoms with E-state index in [1.54, 1.807) is 0 Å². The van der Waals surface area contributed by atoms with Crippen LogP contribution in [-0.4, -0.2) is 12.1 Å². The van der Waals surface area contributed by atoms with Gasteiger partial charge in [-0.1, -0.05) is 37.0 Å². The predicted octanol–water partition coefficient (Wildman–Crippen LogP) is 4.28. The highest BCUT2D eigenvalue weighted by Crippen LogP contribution is 2.34. The third kappa shape index (κ3) is 4.74. The average molecular weight is 276 g/mol. The van der Waals surface area contributed by atoms with Gasteiger partial charge < -0.3 is 10.1 Å². The molecule has 0 heterocycles. The lowest BCUT2D eigenvalue weighted by atomic mass is 10.2. The molecule has 17 heavy (non-hydrogen) atoms. The van der Waals surface area contributed by atoms with Crippen LogP contribution < -0.4 is 10.1 Å². The van der Waals surface area contributed by atoms with E-state index >= 15 is 0 Å². The van der Waals surface area contributed by atoms with E-state index < -0.39 is 0 Å². The third-order valence-corrected chi connectivity index (χ3v) is 2.69. The number of hydrogen-bond acceptors (Lipinski definition) is 2. The van der Waals surface area contributed by atoms with Gasteiger partial charge in [-0.3, -0.25) is 0 Å². The van der Waals surface area contributed by atoms with Crippen LogP contribution in [0.4, 0.5) is 0 Å². The van der Waals surface area contributed by atoms with Crippen LogP contribution in [0.5, 0.6) is 5.75 Å². The van der Waals surface area contributed by atoms with Gasteiger partial charge in [0, 0.05) is 12.6 Å². The Labute approximate surface area is 113 Å². The van der Waals surface area contributed by atoms with Gasteiger partial charge in [0.1, 0.15) is 0 Å². The molecule has 0 aliphatic heterocycles. The molecule has 0 aliphatic rings. The Bertz CT molecular complexity index is 355. The smallest absolute Gasteiger partial charge is 0.156 e. The molecule has 0 unspecified atom stereocenters. The molecule has 0 radical (unpaired) electrons. The van der Waals surface area contributed by atoms with Crippen molar-refractivity contribution in [3.8, 4) is 5.75 Å². The van der Waals surface area contributed by atoms with E-state index in [1.807, 2.05) is 26.0 Å². The highest BCUT2D eigenvalue weighted by Gasteiger charge is 2.11. The van der Waals surface area contributed by atoms with Crippen LogP contribution in [-0.2, 0) is 6.54 Å². The molecule has 4 heteroatoms. The fourth-order valence-corrected chi connectivity index (χ4v) is 2.01. The van der Waals surface area contributed by atoms with Crippen LogP contribution in [0.25, 0.3) is 0 Å². The summed E-state index contributed by atoms with van der Waals surface area (Å²) >= 11 is 12.3. The minimum atomic E-state index is 0.0599. The molecule has 0 atom stereocenters. The maximum absolute atomic E-state index is 6.16. The summed E-state index contributed by atoms with van der Waals surface area (Å²) in [5, 5.41) is 4.44. The minimum Gasteiger partial charge on any atom is -0.488 e. The molecular weight excluding hydrogens is 257 g/mol. The topological polar surface area (TPSA) is 21.3 Å². The minimum absolute atomic E-state index is 0.0599. The van der Waals surface area contributed by atoms with Crippen LogP contribution in [0.2, 0.25) is 10.0 Å². The van der Waals surface area contributed by atoms with E-state index in [0.29, 0.717) is 21.8 Å². The number of halogens is 2. The maximum Gasteiger partial charge on any atom is 0.156 e. The zero-order valence-electron chi connectivity index (χ0n) is 10.7. The quantitative estimate of drug-likeness (QED) is 0.866. The zero-order valence-corrected chi connectivity index (χ0v) is 12.2. The Morgan fingerprint density at radius 1 is 1.12 bits per heavy atom. The van der Waals surface area contributed by atoms with E-state index in [-0.39, 0.29) is 6.10 Å². The average Bonchev–Trinajstić information content (AvgIpc) is 2.20. The van der Waals surface area contributed by atoms with Crippen LogP contribution in [0.1, 0.15) is 33.3 Å². The van der Waals surface area contributed by atoms with Crippen LogP contribution in [0.15, 0.2) is 12.1 Å². The summed E-state index contributed by atoms with van der Waals surface area (Å²) in [6.45, 7) is 8.83. The molecule has 0 fully saturated rings. The standard InChI is InChI=1S/C13H19Cl2NO/c1-8(2)16-7-10-5-11(14)13(12(15)6-10)17-9(3)4/h5-6,8-9,16H,7H2,1-4H3. The summed E-state index contributed by atoms with van der Waals surface area (Å²) < 4.78 is 5.57. The van der Waals surface area contributed by atoms with Crippen molar-refractivity contribution in [1.29, 1.82) is 0 Å². The Hall–Kier alpha value is -0.440. The Morgan fingerprint density at radius 3 is 2.06 bits per heavy atom. The highest BCUT2D eigenvalue weighted by molar-refractivity contribution is 6.37. The van der Waals surface area contributed by atoms with Gasteiger partial charge in [-0.05, 0) is 31.5 Å². The Balaban J connectivity index is 2.85. The normalized spacial score (nSPS) is 11.3. The van der Waals surface area contributed by atoms with Crippen molar-refractivity contribution in [3.63, 3.8) is 0 Å². The predicted molar refractivity (Wildman–Crippen MR) is 74.2 cm³/mol. The van der Waals surface area contributed by atoms with Gasteiger partial charge in [-0.25, -0.2) is 0 Å². The van der Waals surface area contributed by atoms with Crippen molar-refractivity contribution in [1.82, 2.24) is 5.32 Å². The van der Waals surface area contributed by atoms with E-state index in [0.717, 1.165) is 12.1 Å². The van der Waals surface area contributed by atoms with Gasteiger partial charge in [-0.2, -0.15) is 0 Å². The first-order valence-corrected chi connectivity index (χ1v) is 6.53. The summed E-state index contributed by atoms with van der Waals surface area (Å²) in [5.41, 5.74) is 1.06. The summed E-state index contributed by atoms with van der Waals surface area (Å²) in [4.78, 5) is 0. The van der Waals surface area contributed by atoms with Crippen molar-refractivity contribution in [2.24, 2.45) is 0 Å². The molecule has 0 saturated carbocycles. The second-order valence-electron chi connectivity index (χ2n) is 4.59. The lowest BCUT2D eigenvalue weighted by Crippen LogP contribution is -2.21. The van der Waals surface area contributed by atoms with E-state index in [4.69, 9.17) is 27.9 Å². The fraction of sp³-hybridized carbons (Fsp3) is 0.538. The molecule has 96 valence electrons. The third-order valence-electron chi connectivity index (χ3n) is 2.13. The number of nitrogens with one attached hydrogen (secondary N) is 1. The van der Waals surface area contributed by atoms with Gasteiger partial charge >= 0.3 is 0 Å². The first kappa shape index (κ1) is 14.6. The SMILES string of the molecule is CC(C)NCc1cc(Cl)c(OC(C)C)c(Cl)c1. The molecule has 0 bridgehead atoms. The van der Waals surface area contributed by atoms with E-state index in [1.165, 1.54) is 0 Å².